The first-order valence-corrected chi connectivity index (χ1v) is 15.5. The fourth-order valence-electron chi connectivity index (χ4n) is 7.33. The molecule has 0 bridgehead atoms. The lowest BCUT2D eigenvalue weighted by atomic mass is 9.71. The Hall–Kier alpha value is -0.680. The molecule has 4 fully saturated rings. The molecule has 304 valence electrons. The fourth-order valence-corrected chi connectivity index (χ4v) is 7.33. The van der Waals surface area contributed by atoms with Gasteiger partial charge in [-0.1, -0.05) is 37.1 Å². The second kappa shape index (κ2) is 21.9. The summed E-state index contributed by atoms with van der Waals surface area (Å²) in [6, 6.07) is 0. The van der Waals surface area contributed by atoms with Gasteiger partial charge in [0.1, 0.15) is 54.9 Å². The van der Waals surface area contributed by atoms with Crippen molar-refractivity contribution in [3.05, 3.63) is 0 Å². The van der Waals surface area contributed by atoms with E-state index < -0.39 is 141 Å². The molecule has 0 aromatic heterocycles. The molecule has 1 heterocycles. The topological polar surface area (TPSA) is 311 Å². The van der Waals surface area contributed by atoms with Crippen molar-refractivity contribution in [1.29, 1.82) is 0 Å². The van der Waals surface area contributed by atoms with Crippen LogP contribution < -0.4 is 0 Å². The van der Waals surface area contributed by atoms with Gasteiger partial charge in [-0.05, 0) is 43.9 Å². The third-order valence-corrected chi connectivity index (χ3v) is 10.3. The average Bonchev–Trinajstić information content (AvgIpc) is 3.02. The molecule has 17 heteroatoms. The maximum Gasteiger partial charge on any atom is 0.187 e. The van der Waals surface area contributed by atoms with Gasteiger partial charge in [0, 0.05) is 25.0 Å². The highest BCUT2D eigenvalue weighted by Crippen LogP contribution is 2.40. The first-order valence-electron chi connectivity index (χ1n) is 15.5. The molecule has 14 N–H and O–H groups in total. The van der Waals surface area contributed by atoms with Crippen LogP contribution >= 0.6 is 0 Å². The van der Waals surface area contributed by atoms with Crippen molar-refractivity contribution in [2.24, 2.45) is 23.7 Å². The molecule has 50 heavy (non-hydrogen) atoms. The first-order chi connectivity index (χ1) is 21.2. The van der Waals surface area contributed by atoms with Gasteiger partial charge >= 0.3 is 0 Å². The molecule has 17 nitrogen and oxygen atoms in total. The Morgan fingerprint density at radius 3 is 1.42 bits per heavy atom. The lowest BCUT2D eigenvalue weighted by molar-refractivity contribution is -0.336. The highest BCUT2D eigenvalue weighted by atomic mass is 16.7. The SMILES string of the molecule is C.C.C.C.C.OC[C@H]1C[C@@H](CC[C@H]2C[C@@H](O[C@H]3[C@H](O)[C@@H](CO)C[C@@H](O)[C@@H]3O)[C@H](O)[C@@H](O[C@@H]3O[C@H](CO)[C@@H](O)[C@H](O)[C@H]3O)[C@@H]2O)[C@H](O)[C@@H](O)[C@@H]1O. The summed E-state index contributed by atoms with van der Waals surface area (Å²) in [5.41, 5.74) is 0. The molecule has 20 atom stereocenters. The standard InChI is InChI=1S/C28H50O17.5CH4/c29-6-11-3-9(16(33)23(40)17(11)34)1-2-10-5-14(43-26-19(36)12(7-30)4-13(32)20(26)37)22(39)27(18(10)35)45-28-25(42)24(41)21(38)15(8-31)44-28;;;;;/h9-42H,1-8H2;5*1H4/t9-,10+,11-,12-,13-,14-,15-,16+,17-,18-,19-,20+,21-,22+,23-,24+,25-,26+,27+,28+;;;;;/m1...../s1. The van der Waals surface area contributed by atoms with Crippen molar-refractivity contribution < 1.29 is 85.7 Å². The van der Waals surface area contributed by atoms with Gasteiger partial charge < -0.3 is 85.7 Å². The zero-order valence-electron chi connectivity index (χ0n) is 24.7. The van der Waals surface area contributed by atoms with Crippen LogP contribution in [0, 0.1) is 23.7 Å². The van der Waals surface area contributed by atoms with Gasteiger partial charge in [-0.3, -0.25) is 0 Å². The molecule has 1 aliphatic heterocycles. The monoisotopic (exact) mass is 738 g/mol. The van der Waals surface area contributed by atoms with Crippen LogP contribution in [0.5, 0.6) is 0 Å². The largest absolute Gasteiger partial charge is 0.396 e. The van der Waals surface area contributed by atoms with Crippen molar-refractivity contribution in [3.63, 3.8) is 0 Å². The van der Waals surface area contributed by atoms with E-state index in [-0.39, 0.29) is 69.2 Å². The molecule has 3 aliphatic carbocycles. The van der Waals surface area contributed by atoms with E-state index in [2.05, 4.69) is 0 Å². The number of rotatable bonds is 10. The summed E-state index contributed by atoms with van der Waals surface area (Å²) in [6.45, 7) is -1.72. The third kappa shape index (κ3) is 10.5. The summed E-state index contributed by atoms with van der Waals surface area (Å²) < 4.78 is 17.1. The van der Waals surface area contributed by atoms with Crippen LogP contribution in [0.25, 0.3) is 0 Å². The minimum absolute atomic E-state index is 0. The summed E-state index contributed by atoms with van der Waals surface area (Å²) in [7, 11) is 0. The Labute approximate surface area is 296 Å². The molecule has 1 saturated heterocycles. The Balaban J connectivity index is 0. The van der Waals surface area contributed by atoms with E-state index in [9.17, 15) is 71.5 Å². The molecule has 0 radical (unpaired) electrons. The Bertz CT molecular complexity index is 916. The molecule has 0 aromatic rings. The van der Waals surface area contributed by atoms with Crippen molar-refractivity contribution >= 4 is 0 Å². The zero-order valence-corrected chi connectivity index (χ0v) is 24.7. The molecule has 4 rings (SSSR count). The number of ether oxygens (including phenoxy) is 3. The van der Waals surface area contributed by atoms with E-state index in [0.717, 1.165) is 0 Å². The zero-order chi connectivity index (χ0) is 33.3. The minimum atomic E-state index is -1.87. The average molecular weight is 739 g/mol. The molecule has 0 spiro atoms. The van der Waals surface area contributed by atoms with Gasteiger partial charge in [-0.2, -0.15) is 0 Å². The quantitative estimate of drug-likeness (QED) is 0.103. The van der Waals surface area contributed by atoms with Gasteiger partial charge in [0.25, 0.3) is 0 Å². The van der Waals surface area contributed by atoms with Crippen molar-refractivity contribution in [1.82, 2.24) is 0 Å². The van der Waals surface area contributed by atoms with E-state index in [4.69, 9.17) is 14.2 Å². The lowest BCUT2D eigenvalue weighted by Gasteiger charge is -2.49. The number of aliphatic hydroxyl groups is 14. The molecule has 0 unspecified atom stereocenters. The van der Waals surface area contributed by atoms with Crippen LogP contribution in [-0.4, -0.2) is 189 Å². The van der Waals surface area contributed by atoms with Crippen molar-refractivity contribution in [3.8, 4) is 0 Å². The maximum absolute atomic E-state index is 11.4. The first kappa shape index (κ1) is 51.4. The summed E-state index contributed by atoms with van der Waals surface area (Å²) in [5, 5.41) is 145. The summed E-state index contributed by atoms with van der Waals surface area (Å²) in [5.74, 6) is -2.96. The van der Waals surface area contributed by atoms with E-state index in [1.54, 1.807) is 0 Å². The minimum Gasteiger partial charge on any atom is -0.396 e. The van der Waals surface area contributed by atoms with Gasteiger partial charge in [-0.25, -0.2) is 0 Å². The highest BCUT2D eigenvalue weighted by Gasteiger charge is 2.53. The summed E-state index contributed by atoms with van der Waals surface area (Å²) >= 11 is 0. The molecule has 3 saturated carbocycles. The molecule has 0 amide bonds. The van der Waals surface area contributed by atoms with Crippen LogP contribution in [0.1, 0.15) is 69.2 Å². The van der Waals surface area contributed by atoms with Crippen LogP contribution in [-0.2, 0) is 14.2 Å². The Morgan fingerprint density at radius 1 is 0.420 bits per heavy atom. The highest BCUT2D eigenvalue weighted by molar-refractivity contribution is 5.00. The second-order valence-electron chi connectivity index (χ2n) is 13.1. The number of aliphatic hydroxyl groups excluding tert-OH is 14. The Kier molecular flexibility index (Phi) is 22.5. The molecule has 4 aliphatic rings. The molecular weight excluding hydrogens is 668 g/mol. The lowest BCUT2D eigenvalue weighted by Crippen LogP contribution is -2.64. The smallest absolute Gasteiger partial charge is 0.187 e. The van der Waals surface area contributed by atoms with Crippen LogP contribution in [0.15, 0.2) is 0 Å². The Morgan fingerprint density at radius 2 is 0.880 bits per heavy atom. The summed E-state index contributed by atoms with van der Waals surface area (Å²) in [4.78, 5) is 0. The number of hydrogen-bond acceptors (Lipinski definition) is 17. The van der Waals surface area contributed by atoms with Gasteiger partial charge in [0.05, 0.1) is 43.2 Å². The second-order valence-corrected chi connectivity index (χ2v) is 13.1. The van der Waals surface area contributed by atoms with Crippen LogP contribution in [0.4, 0.5) is 0 Å². The van der Waals surface area contributed by atoms with Crippen molar-refractivity contribution in [2.75, 3.05) is 19.8 Å². The van der Waals surface area contributed by atoms with E-state index in [1.165, 1.54) is 0 Å². The number of hydrogen-bond donors (Lipinski definition) is 14. The summed E-state index contributed by atoms with van der Waals surface area (Å²) in [6.07, 6.45) is -24.5. The third-order valence-electron chi connectivity index (χ3n) is 10.3. The van der Waals surface area contributed by atoms with Crippen LogP contribution in [0.3, 0.4) is 0 Å². The fraction of sp³-hybridized carbons (Fsp3) is 1.00. The van der Waals surface area contributed by atoms with Crippen LogP contribution in [0.2, 0.25) is 0 Å². The molecule has 0 aromatic carbocycles. The van der Waals surface area contributed by atoms with E-state index in [0.29, 0.717) is 0 Å². The normalized spacial score (nSPS) is 47.6. The van der Waals surface area contributed by atoms with Crippen molar-refractivity contribution in [2.45, 2.75) is 167 Å². The molecular formula is C33H70O17. The van der Waals surface area contributed by atoms with E-state index in [1.807, 2.05) is 0 Å². The predicted molar refractivity (Wildman–Crippen MR) is 180 cm³/mol. The predicted octanol–water partition coefficient (Wildman–Crippen LogP) is -3.57. The van der Waals surface area contributed by atoms with Gasteiger partial charge in [0.2, 0.25) is 0 Å². The van der Waals surface area contributed by atoms with Gasteiger partial charge in [-0.15, -0.1) is 0 Å². The van der Waals surface area contributed by atoms with Gasteiger partial charge in [0.15, 0.2) is 6.29 Å². The van der Waals surface area contributed by atoms with E-state index >= 15 is 0 Å². The maximum atomic E-state index is 11.4.